The number of halogens is 1. The summed E-state index contributed by atoms with van der Waals surface area (Å²) in [5.41, 5.74) is 0.970. The molecule has 2 fully saturated rings. The molecule has 31 heavy (non-hydrogen) atoms. The topological polar surface area (TPSA) is 79.7 Å². The Kier molecular flexibility index (Phi) is 6.89. The Bertz CT molecular complexity index is 953. The molecule has 166 valence electrons. The lowest BCUT2D eigenvalue weighted by molar-refractivity contribution is -0.126. The molecule has 3 heterocycles. The van der Waals surface area contributed by atoms with Crippen LogP contribution in [-0.4, -0.2) is 72.1 Å². The number of rotatable bonds is 6. The smallest absolute Gasteiger partial charge is 0.292 e. The number of anilines is 1. The number of carbonyl (C=O) groups is 1. The number of benzene rings is 1. The van der Waals surface area contributed by atoms with Crippen molar-refractivity contribution in [2.24, 2.45) is 0 Å². The molecule has 1 N–H and O–H groups in total. The molecule has 2 unspecified atom stereocenters. The highest BCUT2D eigenvalue weighted by molar-refractivity contribution is 6.33. The fraction of sp³-hybridized carbons (Fsp3) is 0.500. The molecule has 0 saturated carbocycles. The van der Waals surface area contributed by atoms with Crippen LogP contribution in [-0.2, 0) is 9.53 Å². The predicted molar refractivity (Wildman–Crippen MR) is 120 cm³/mol. The second-order valence-corrected chi connectivity index (χ2v) is 8.35. The summed E-state index contributed by atoms with van der Waals surface area (Å²) < 4.78 is 6.88. The minimum atomic E-state index is -0.338. The van der Waals surface area contributed by atoms with Crippen molar-refractivity contribution in [2.45, 2.75) is 31.9 Å². The zero-order valence-electron chi connectivity index (χ0n) is 17.7. The van der Waals surface area contributed by atoms with Gasteiger partial charge in [-0.25, -0.2) is 0 Å². The monoisotopic (exact) mass is 445 g/mol. The third kappa shape index (κ3) is 4.92. The predicted octanol–water partition coefficient (Wildman–Crippen LogP) is 1.69. The maximum atomic E-state index is 12.7. The summed E-state index contributed by atoms with van der Waals surface area (Å²) in [5.74, 6) is 0.0223. The highest BCUT2D eigenvalue weighted by Crippen LogP contribution is 2.23. The zero-order valence-corrected chi connectivity index (χ0v) is 18.4. The first-order chi connectivity index (χ1) is 15.0. The van der Waals surface area contributed by atoms with E-state index in [4.69, 9.17) is 16.3 Å². The van der Waals surface area contributed by atoms with Crippen LogP contribution in [0.25, 0.3) is 5.69 Å². The van der Waals surface area contributed by atoms with E-state index in [0.717, 1.165) is 19.4 Å². The molecule has 1 aromatic heterocycles. The quantitative estimate of drug-likeness (QED) is 0.729. The Balaban J connectivity index is 1.35. The van der Waals surface area contributed by atoms with E-state index in [2.05, 4.69) is 20.2 Å². The van der Waals surface area contributed by atoms with Crippen LogP contribution in [0.15, 0.2) is 41.3 Å². The molecule has 2 atom stereocenters. The molecule has 0 spiro atoms. The lowest BCUT2D eigenvalue weighted by Gasteiger charge is -2.38. The Morgan fingerprint density at radius 3 is 2.68 bits per heavy atom. The van der Waals surface area contributed by atoms with Gasteiger partial charge >= 0.3 is 0 Å². The summed E-state index contributed by atoms with van der Waals surface area (Å²) in [6.45, 7) is 6.02. The summed E-state index contributed by atoms with van der Waals surface area (Å²) in [4.78, 5) is 29.5. The van der Waals surface area contributed by atoms with E-state index in [1.807, 2.05) is 37.3 Å². The van der Waals surface area contributed by atoms with E-state index in [1.54, 1.807) is 6.20 Å². The first kappa shape index (κ1) is 21.8. The number of nitrogens with one attached hydrogen (secondary N) is 1. The number of ether oxygens (including phenoxy) is 1. The van der Waals surface area contributed by atoms with Crippen LogP contribution >= 0.6 is 11.6 Å². The van der Waals surface area contributed by atoms with Crippen LogP contribution in [0.1, 0.15) is 19.8 Å². The minimum absolute atomic E-state index is 0.0223. The molecule has 4 rings (SSSR count). The van der Waals surface area contributed by atoms with Gasteiger partial charge in [-0.05, 0) is 31.9 Å². The fourth-order valence-corrected chi connectivity index (χ4v) is 4.33. The van der Waals surface area contributed by atoms with Crippen molar-refractivity contribution >= 4 is 23.2 Å². The molecule has 0 bridgehead atoms. The highest BCUT2D eigenvalue weighted by atomic mass is 35.5. The average Bonchev–Trinajstić information content (AvgIpc) is 3.33. The number of piperazine rings is 1. The van der Waals surface area contributed by atoms with E-state index < -0.39 is 0 Å². The molecular formula is C22H28ClN5O3. The van der Waals surface area contributed by atoms with Crippen LogP contribution in [0.5, 0.6) is 0 Å². The molecule has 1 aromatic carbocycles. The van der Waals surface area contributed by atoms with Gasteiger partial charge in [0.25, 0.3) is 5.56 Å². The molecule has 9 heteroatoms. The minimum Gasteiger partial charge on any atom is -0.376 e. The second kappa shape index (κ2) is 9.80. The van der Waals surface area contributed by atoms with Crippen molar-refractivity contribution in [3.63, 3.8) is 0 Å². The molecule has 2 aliphatic rings. The first-order valence-electron chi connectivity index (χ1n) is 10.8. The summed E-state index contributed by atoms with van der Waals surface area (Å²) >= 11 is 6.43. The Morgan fingerprint density at radius 2 is 2.00 bits per heavy atom. The second-order valence-electron chi connectivity index (χ2n) is 7.98. The summed E-state index contributed by atoms with van der Waals surface area (Å²) in [5, 5.41) is 7.49. The van der Waals surface area contributed by atoms with Crippen LogP contribution < -0.4 is 15.8 Å². The number of aromatic nitrogens is 2. The average molecular weight is 446 g/mol. The van der Waals surface area contributed by atoms with Gasteiger partial charge in [0, 0.05) is 39.3 Å². The largest absolute Gasteiger partial charge is 0.376 e. The molecule has 2 saturated heterocycles. The maximum absolute atomic E-state index is 12.7. The van der Waals surface area contributed by atoms with Crippen molar-refractivity contribution < 1.29 is 9.53 Å². The number of amides is 1. The van der Waals surface area contributed by atoms with Gasteiger partial charge in [0.1, 0.15) is 5.02 Å². The van der Waals surface area contributed by atoms with Gasteiger partial charge in [0.2, 0.25) is 5.91 Å². The zero-order chi connectivity index (χ0) is 21.8. The van der Waals surface area contributed by atoms with Crippen LogP contribution in [0.3, 0.4) is 0 Å². The lowest BCUT2D eigenvalue weighted by Crippen LogP contribution is -2.54. The van der Waals surface area contributed by atoms with E-state index in [-0.39, 0.29) is 28.6 Å². The van der Waals surface area contributed by atoms with Crippen molar-refractivity contribution in [1.82, 2.24) is 20.0 Å². The molecule has 2 aromatic rings. The number of hydrogen-bond acceptors (Lipinski definition) is 6. The van der Waals surface area contributed by atoms with Gasteiger partial charge in [-0.3, -0.25) is 14.5 Å². The molecule has 8 nitrogen and oxygen atoms in total. The van der Waals surface area contributed by atoms with Gasteiger partial charge in [0.15, 0.2) is 0 Å². The Hall–Kier alpha value is -2.42. The molecule has 1 amide bonds. The number of carbonyl (C=O) groups excluding carboxylic acids is 1. The molecular weight excluding hydrogens is 418 g/mol. The van der Waals surface area contributed by atoms with Crippen LogP contribution in [0.4, 0.5) is 5.69 Å². The Labute approximate surface area is 186 Å². The van der Waals surface area contributed by atoms with Crippen LogP contribution in [0.2, 0.25) is 5.02 Å². The fourth-order valence-electron chi connectivity index (χ4n) is 4.08. The van der Waals surface area contributed by atoms with Gasteiger partial charge in [-0.1, -0.05) is 29.8 Å². The van der Waals surface area contributed by atoms with Gasteiger partial charge in [-0.2, -0.15) is 9.78 Å². The van der Waals surface area contributed by atoms with Crippen molar-refractivity contribution in [3.8, 4) is 5.69 Å². The van der Waals surface area contributed by atoms with E-state index in [0.29, 0.717) is 44.1 Å². The number of para-hydroxylation sites is 1. The summed E-state index contributed by atoms with van der Waals surface area (Å²) in [6, 6.07) is 8.99. The Morgan fingerprint density at radius 1 is 1.26 bits per heavy atom. The van der Waals surface area contributed by atoms with Crippen LogP contribution in [0, 0.1) is 0 Å². The van der Waals surface area contributed by atoms with Crippen molar-refractivity contribution in [2.75, 3.05) is 44.2 Å². The SMILES string of the molecule is CC(C(=O)NCC1CCCO1)N1CCN(c2cnn(-c3ccccc3)c(=O)c2Cl)CC1. The van der Waals surface area contributed by atoms with Crippen molar-refractivity contribution in [1.29, 1.82) is 0 Å². The van der Waals surface area contributed by atoms with Gasteiger partial charge in [-0.15, -0.1) is 0 Å². The summed E-state index contributed by atoms with van der Waals surface area (Å²) in [7, 11) is 0. The van der Waals surface area contributed by atoms with E-state index in [1.165, 1.54) is 4.68 Å². The highest BCUT2D eigenvalue weighted by Gasteiger charge is 2.28. The third-order valence-corrected chi connectivity index (χ3v) is 6.37. The first-order valence-corrected chi connectivity index (χ1v) is 11.1. The van der Waals surface area contributed by atoms with Gasteiger partial charge in [0.05, 0.1) is 29.7 Å². The number of nitrogens with zero attached hydrogens (tertiary/aromatic N) is 4. The van der Waals surface area contributed by atoms with E-state index in [9.17, 15) is 9.59 Å². The van der Waals surface area contributed by atoms with E-state index >= 15 is 0 Å². The summed E-state index contributed by atoms with van der Waals surface area (Å²) in [6.07, 6.45) is 3.85. The standard InChI is InChI=1S/C22H28ClN5O3/c1-16(21(29)24-14-18-8-5-13-31-18)26-9-11-27(12-10-26)19-15-25-28(22(30)20(19)23)17-6-3-2-4-7-17/h2-4,6-7,15-16,18H,5,8-14H2,1H3,(H,24,29). The maximum Gasteiger partial charge on any atom is 0.292 e. The lowest BCUT2D eigenvalue weighted by atomic mass is 10.2. The third-order valence-electron chi connectivity index (χ3n) is 6.01. The van der Waals surface area contributed by atoms with Gasteiger partial charge < -0.3 is 15.0 Å². The number of hydrogen-bond donors (Lipinski definition) is 1. The molecule has 2 aliphatic heterocycles. The molecule has 0 aliphatic carbocycles. The normalized spacial score (nSPS) is 20.6. The van der Waals surface area contributed by atoms with Crippen molar-refractivity contribution in [3.05, 3.63) is 51.9 Å². The molecule has 0 radical (unpaired) electrons.